The summed E-state index contributed by atoms with van der Waals surface area (Å²) in [6.07, 6.45) is -0.635. The summed E-state index contributed by atoms with van der Waals surface area (Å²) >= 11 is 0.966. The third-order valence-electron chi connectivity index (χ3n) is 4.63. The SMILES string of the molecule is Cc1cc(OC(=O)N(C)Cc2nsc(NC(=O)NCc3cccc(F)c3)n2)c2c(C)noc2n1. The van der Waals surface area contributed by atoms with E-state index < -0.39 is 12.1 Å². The number of hydrogen-bond acceptors (Lipinski definition) is 9. The van der Waals surface area contributed by atoms with Crippen molar-refractivity contribution in [1.29, 1.82) is 0 Å². The molecule has 2 N–H and O–H groups in total. The van der Waals surface area contributed by atoms with Gasteiger partial charge in [0.1, 0.15) is 17.0 Å². The zero-order valence-electron chi connectivity index (χ0n) is 18.5. The predicted molar refractivity (Wildman–Crippen MR) is 121 cm³/mol. The van der Waals surface area contributed by atoms with Crippen LogP contribution in [-0.4, -0.2) is 43.6 Å². The van der Waals surface area contributed by atoms with Crippen LogP contribution < -0.4 is 15.4 Å². The van der Waals surface area contributed by atoms with Gasteiger partial charge < -0.3 is 19.5 Å². The monoisotopic (exact) mass is 485 g/mol. The second kappa shape index (κ2) is 9.79. The lowest BCUT2D eigenvalue weighted by Gasteiger charge is -2.15. The molecule has 0 bridgehead atoms. The summed E-state index contributed by atoms with van der Waals surface area (Å²) in [5.41, 5.74) is 2.08. The fourth-order valence-corrected chi connectivity index (χ4v) is 3.62. The second-order valence-electron chi connectivity index (χ2n) is 7.39. The van der Waals surface area contributed by atoms with Gasteiger partial charge in [-0.15, -0.1) is 0 Å². The second-order valence-corrected chi connectivity index (χ2v) is 8.14. The molecule has 176 valence electrons. The molecule has 0 aliphatic heterocycles. The standard InChI is InChI=1S/C21H20FN7O4S/c1-11-7-15(17-12(2)27-33-18(17)24-11)32-21(31)29(3)10-16-25-20(34-28-16)26-19(30)23-9-13-5-4-6-14(22)8-13/h4-8H,9-10H2,1-3H3,(H2,23,25,26,28,30). The third-order valence-corrected chi connectivity index (χ3v) is 5.30. The van der Waals surface area contributed by atoms with Gasteiger partial charge in [-0.05, 0) is 31.5 Å². The van der Waals surface area contributed by atoms with E-state index in [9.17, 15) is 14.0 Å². The molecule has 0 radical (unpaired) electrons. The van der Waals surface area contributed by atoms with Crippen LogP contribution in [0, 0.1) is 19.7 Å². The van der Waals surface area contributed by atoms with Crippen molar-refractivity contribution in [3.05, 3.63) is 58.9 Å². The van der Waals surface area contributed by atoms with Gasteiger partial charge in [0.15, 0.2) is 5.82 Å². The van der Waals surface area contributed by atoms with Gasteiger partial charge >= 0.3 is 12.1 Å². The number of pyridine rings is 1. The van der Waals surface area contributed by atoms with Crippen LogP contribution in [0.1, 0.15) is 22.8 Å². The summed E-state index contributed by atoms with van der Waals surface area (Å²) in [5.74, 6) is 0.236. The molecule has 0 aliphatic carbocycles. The van der Waals surface area contributed by atoms with Crippen molar-refractivity contribution < 1.29 is 23.2 Å². The van der Waals surface area contributed by atoms with Crippen molar-refractivity contribution >= 4 is 39.9 Å². The lowest BCUT2D eigenvalue weighted by molar-refractivity contribution is 0.160. The average molecular weight is 486 g/mol. The molecule has 1 aromatic carbocycles. The molecule has 4 rings (SSSR count). The van der Waals surface area contributed by atoms with Crippen molar-refractivity contribution in [2.75, 3.05) is 12.4 Å². The number of nitrogens with zero attached hydrogens (tertiary/aromatic N) is 5. The van der Waals surface area contributed by atoms with Crippen molar-refractivity contribution in [3.8, 4) is 5.75 Å². The number of amides is 3. The number of ether oxygens (including phenoxy) is 1. The highest BCUT2D eigenvalue weighted by Gasteiger charge is 2.20. The Balaban J connectivity index is 1.32. The first-order chi connectivity index (χ1) is 16.3. The minimum atomic E-state index is -0.635. The normalized spacial score (nSPS) is 10.8. The summed E-state index contributed by atoms with van der Waals surface area (Å²) in [6, 6.07) is 7.04. The lowest BCUT2D eigenvalue weighted by atomic mass is 10.2. The Kier molecular flexibility index (Phi) is 6.63. The maximum absolute atomic E-state index is 13.2. The topological polar surface area (TPSA) is 135 Å². The van der Waals surface area contributed by atoms with Crippen molar-refractivity contribution in [2.24, 2.45) is 0 Å². The Bertz CT molecular complexity index is 1360. The first kappa shape index (κ1) is 23.0. The first-order valence-electron chi connectivity index (χ1n) is 10.1. The predicted octanol–water partition coefficient (Wildman–Crippen LogP) is 3.78. The smallest absolute Gasteiger partial charge is 0.409 e. The lowest BCUT2D eigenvalue weighted by Crippen LogP contribution is -2.30. The van der Waals surface area contributed by atoms with Crippen LogP contribution in [0.25, 0.3) is 11.1 Å². The highest BCUT2D eigenvalue weighted by Crippen LogP contribution is 2.28. The van der Waals surface area contributed by atoms with E-state index in [2.05, 4.69) is 30.1 Å². The molecule has 0 saturated carbocycles. The summed E-state index contributed by atoms with van der Waals surface area (Å²) in [4.78, 5) is 34.4. The molecule has 0 unspecified atom stereocenters. The van der Waals surface area contributed by atoms with E-state index in [0.717, 1.165) is 11.5 Å². The van der Waals surface area contributed by atoms with Crippen LogP contribution >= 0.6 is 11.5 Å². The Labute approximate surface area is 197 Å². The van der Waals surface area contributed by atoms with Crippen molar-refractivity contribution in [2.45, 2.75) is 26.9 Å². The molecule has 0 spiro atoms. The number of aromatic nitrogens is 4. The Morgan fingerprint density at radius 1 is 1.24 bits per heavy atom. The van der Waals surface area contributed by atoms with Gasteiger partial charge in [0, 0.05) is 36.9 Å². The number of hydrogen-bond donors (Lipinski definition) is 2. The van der Waals surface area contributed by atoms with Crippen LogP contribution in [0.3, 0.4) is 0 Å². The molecule has 0 aliphatic rings. The molecule has 13 heteroatoms. The minimum absolute atomic E-state index is 0.0533. The number of carbonyl (C=O) groups is 2. The van der Waals surface area contributed by atoms with Gasteiger partial charge in [0.2, 0.25) is 5.13 Å². The molecule has 34 heavy (non-hydrogen) atoms. The fraction of sp³-hybridized carbons (Fsp3) is 0.238. The number of anilines is 1. The van der Waals surface area contributed by atoms with Crippen molar-refractivity contribution in [1.82, 2.24) is 29.7 Å². The van der Waals surface area contributed by atoms with E-state index in [4.69, 9.17) is 9.26 Å². The van der Waals surface area contributed by atoms with Gasteiger partial charge in [-0.3, -0.25) is 5.32 Å². The van der Waals surface area contributed by atoms with Crippen molar-refractivity contribution in [3.63, 3.8) is 0 Å². The van der Waals surface area contributed by atoms with Gasteiger partial charge in [-0.2, -0.15) is 4.37 Å². The number of rotatable bonds is 6. The fourth-order valence-electron chi connectivity index (χ4n) is 3.04. The van der Waals surface area contributed by atoms with E-state index in [1.165, 1.54) is 24.1 Å². The molecule has 0 atom stereocenters. The summed E-state index contributed by atoms with van der Waals surface area (Å²) in [6.45, 7) is 3.68. The minimum Gasteiger partial charge on any atom is -0.409 e. The Morgan fingerprint density at radius 3 is 2.85 bits per heavy atom. The third kappa shape index (κ3) is 5.43. The van der Waals surface area contributed by atoms with Crippen LogP contribution in [0.5, 0.6) is 5.75 Å². The van der Waals surface area contributed by atoms with E-state index in [1.807, 2.05) is 0 Å². The maximum Gasteiger partial charge on any atom is 0.415 e. The Morgan fingerprint density at radius 2 is 2.06 bits per heavy atom. The van der Waals surface area contributed by atoms with Gasteiger partial charge in [-0.1, -0.05) is 17.3 Å². The van der Waals surface area contributed by atoms with Crippen LogP contribution in [0.15, 0.2) is 34.9 Å². The molecule has 3 heterocycles. The summed E-state index contributed by atoms with van der Waals surface area (Å²) in [7, 11) is 1.54. The van der Waals surface area contributed by atoms with Gasteiger partial charge in [0.25, 0.3) is 5.71 Å². The van der Waals surface area contributed by atoms with E-state index in [-0.39, 0.29) is 29.8 Å². The summed E-state index contributed by atoms with van der Waals surface area (Å²) in [5, 5.41) is 9.81. The molecule has 0 saturated heterocycles. The van der Waals surface area contributed by atoms with Crippen LogP contribution in [0.4, 0.5) is 19.1 Å². The van der Waals surface area contributed by atoms with E-state index >= 15 is 0 Å². The summed E-state index contributed by atoms with van der Waals surface area (Å²) < 4.78 is 28.0. The number of fused-ring (bicyclic) bond motifs is 1. The highest BCUT2D eigenvalue weighted by atomic mass is 32.1. The number of aryl methyl sites for hydroxylation is 2. The number of carbonyl (C=O) groups excluding carboxylic acids is 2. The number of benzene rings is 1. The largest absolute Gasteiger partial charge is 0.415 e. The van der Waals surface area contributed by atoms with Crippen LogP contribution in [-0.2, 0) is 13.1 Å². The first-order valence-corrected chi connectivity index (χ1v) is 10.8. The molecular weight excluding hydrogens is 465 g/mol. The van der Waals surface area contributed by atoms with Crippen LogP contribution in [0.2, 0.25) is 0 Å². The number of nitrogens with one attached hydrogen (secondary N) is 2. The maximum atomic E-state index is 13.2. The van der Waals surface area contributed by atoms with E-state index in [0.29, 0.717) is 33.9 Å². The molecule has 3 aromatic heterocycles. The molecule has 0 fully saturated rings. The zero-order valence-corrected chi connectivity index (χ0v) is 19.3. The molecular formula is C21H20FN7O4S. The number of halogens is 1. The molecule has 4 aromatic rings. The highest BCUT2D eigenvalue weighted by molar-refractivity contribution is 7.09. The van der Waals surface area contributed by atoms with E-state index in [1.54, 1.807) is 32.0 Å². The zero-order chi connectivity index (χ0) is 24.2. The molecule has 11 nitrogen and oxygen atoms in total. The van der Waals surface area contributed by atoms with Gasteiger partial charge in [-0.25, -0.2) is 23.9 Å². The molecule has 3 amide bonds. The number of urea groups is 1. The van der Waals surface area contributed by atoms with Gasteiger partial charge in [0.05, 0.1) is 12.2 Å². The quantitative estimate of drug-likeness (QED) is 0.421. The average Bonchev–Trinajstić information content (AvgIpc) is 3.38. The Hall–Kier alpha value is -4.13.